The van der Waals surface area contributed by atoms with E-state index in [1.807, 2.05) is 0 Å². The molecule has 0 aromatic heterocycles. The molecule has 0 fully saturated rings. The first-order chi connectivity index (χ1) is 8.01. The maximum absolute atomic E-state index is 10.4. The van der Waals surface area contributed by atoms with Crippen molar-refractivity contribution in [3.8, 4) is 11.5 Å². The third kappa shape index (κ3) is 7.94. The molecule has 0 unspecified atom stereocenters. The molecule has 0 bridgehead atoms. The zero-order valence-corrected chi connectivity index (χ0v) is 10.4. The van der Waals surface area contributed by atoms with Gasteiger partial charge in [0.2, 0.25) is 0 Å². The molecule has 7 heteroatoms. The molecule has 18 heavy (non-hydrogen) atoms. The van der Waals surface area contributed by atoms with Gasteiger partial charge in [-0.15, -0.1) is 0 Å². The Hall–Kier alpha value is -0.270. The summed E-state index contributed by atoms with van der Waals surface area (Å²) in [4.78, 5) is 0. The van der Waals surface area contributed by atoms with Gasteiger partial charge in [-0.1, -0.05) is 0 Å². The molecule has 0 saturated heterocycles. The van der Waals surface area contributed by atoms with Crippen molar-refractivity contribution in [2.24, 2.45) is 0 Å². The second-order valence-corrected chi connectivity index (χ2v) is 5.09. The van der Waals surface area contributed by atoms with Crippen LogP contribution in [0.25, 0.3) is 0 Å². The van der Waals surface area contributed by atoms with Crippen molar-refractivity contribution < 1.29 is 22.4 Å². The van der Waals surface area contributed by atoms with E-state index in [1.54, 1.807) is 31.4 Å². The zero-order chi connectivity index (χ0) is 12.7. The summed E-state index contributed by atoms with van der Waals surface area (Å²) in [7, 11) is -2.26. The van der Waals surface area contributed by atoms with Crippen LogP contribution in [-0.4, -0.2) is 62.0 Å². The minimum atomic E-state index is -3.85. The first-order valence-corrected chi connectivity index (χ1v) is 6.84. The molecule has 0 aliphatic heterocycles. The molecule has 0 amide bonds. The second kappa shape index (κ2) is 8.77. The minimum absolute atomic E-state index is 0. The number of methoxy groups -OCH3 is 1. The van der Waals surface area contributed by atoms with E-state index in [1.165, 1.54) is 0 Å². The zero-order valence-electron chi connectivity index (χ0n) is 9.63. The van der Waals surface area contributed by atoms with Crippen LogP contribution >= 0.6 is 0 Å². The standard InChI is InChI=1S/C11H16O5S.Na.H/c1-15-10-4-6-11(7-5-10)16-8-2-3-9-17(12,13)14;;/h4-7H,2-3,8-9H2,1H3,(H,12,13,14);;. The Bertz CT molecular complexity index is 429. The Kier molecular flexibility index (Phi) is 8.64. The van der Waals surface area contributed by atoms with Crippen LogP contribution in [0.5, 0.6) is 11.5 Å². The van der Waals surface area contributed by atoms with E-state index >= 15 is 0 Å². The fourth-order valence-corrected chi connectivity index (χ4v) is 1.82. The van der Waals surface area contributed by atoms with Gasteiger partial charge in [0.1, 0.15) is 11.5 Å². The summed E-state index contributed by atoms with van der Waals surface area (Å²) < 4.78 is 39.8. The van der Waals surface area contributed by atoms with Crippen LogP contribution in [0.3, 0.4) is 0 Å². The molecule has 1 aromatic carbocycles. The van der Waals surface area contributed by atoms with Gasteiger partial charge in [-0.3, -0.25) is 4.55 Å². The Morgan fingerprint density at radius 2 is 1.67 bits per heavy atom. The number of unbranched alkanes of at least 4 members (excludes halogenated alkanes) is 1. The van der Waals surface area contributed by atoms with Crippen LogP contribution < -0.4 is 9.47 Å². The molecular formula is C11H17NaO5S. The van der Waals surface area contributed by atoms with Crippen molar-refractivity contribution in [1.82, 2.24) is 0 Å². The van der Waals surface area contributed by atoms with Gasteiger partial charge in [-0.2, -0.15) is 8.42 Å². The van der Waals surface area contributed by atoms with Gasteiger partial charge < -0.3 is 9.47 Å². The summed E-state index contributed by atoms with van der Waals surface area (Å²) in [6.07, 6.45) is 0.959. The molecular weight excluding hydrogens is 267 g/mol. The number of rotatable bonds is 7. The van der Waals surface area contributed by atoms with Crippen LogP contribution in [0.4, 0.5) is 0 Å². The predicted octanol–water partition coefficient (Wildman–Crippen LogP) is 1.09. The molecule has 0 saturated carbocycles. The van der Waals surface area contributed by atoms with Gasteiger partial charge in [-0.25, -0.2) is 0 Å². The fraction of sp³-hybridized carbons (Fsp3) is 0.455. The average Bonchev–Trinajstić information content (AvgIpc) is 2.28. The molecule has 0 radical (unpaired) electrons. The number of benzene rings is 1. The molecule has 0 spiro atoms. The third-order valence-electron chi connectivity index (χ3n) is 2.12. The van der Waals surface area contributed by atoms with E-state index in [2.05, 4.69) is 0 Å². The van der Waals surface area contributed by atoms with Crippen LogP contribution in [0.15, 0.2) is 24.3 Å². The Labute approximate surface area is 130 Å². The second-order valence-electron chi connectivity index (χ2n) is 3.52. The van der Waals surface area contributed by atoms with Gasteiger partial charge in [0, 0.05) is 0 Å². The summed E-state index contributed by atoms with van der Waals surface area (Å²) >= 11 is 0. The summed E-state index contributed by atoms with van der Waals surface area (Å²) in [5.74, 6) is 1.24. The molecule has 0 aliphatic carbocycles. The average molecular weight is 284 g/mol. The third-order valence-corrected chi connectivity index (χ3v) is 2.93. The summed E-state index contributed by atoms with van der Waals surface area (Å²) in [5, 5.41) is 0. The molecule has 0 heterocycles. The molecule has 5 nitrogen and oxygen atoms in total. The Morgan fingerprint density at radius 3 is 2.17 bits per heavy atom. The summed E-state index contributed by atoms with van der Waals surface area (Å²) in [6, 6.07) is 7.13. The van der Waals surface area contributed by atoms with Crippen molar-refractivity contribution in [3.05, 3.63) is 24.3 Å². The van der Waals surface area contributed by atoms with Crippen LogP contribution in [0.1, 0.15) is 12.8 Å². The summed E-state index contributed by atoms with van der Waals surface area (Å²) in [5.41, 5.74) is 0. The topological polar surface area (TPSA) is 72.8 Å². The molecule has 0 aliphatic rings. The summed E-state index contributed by atoms with van der Waals surface area (Å²) in [6.45, 7) is 0.419. The van der Waals surface area contributed by atoms with E-state index in [9.17, 15) is 8.42 Å². The van der Waals surface area contributed by atoms with Crippen molar-refractivity contribution in [2.45, 2.75) is 12.8 Å². The number of ether oxygens (including phenoxy) is 2. The van der Waals surface area contributed by atoms with E-state index in [4.69, 9.17) is 14.0 Å². The van der Waals surface area contributed by atoms with Crippen molar-refractivity contribution >= 4 is 39.7 Å². The van der Waals surface area contributed by atoms with E-state index in [0.29, 0.717) is 25.2 Å². The first kappa shape index (κ1) is 17.7. The normalized spacial score (nSPS) is 10.6. The first-order valence-electron chi connectivity index (χ1n) is 5.23. The van der Waals surface area contributed by atoms with Crippen molar-refractivity contribution in [3.63, 3.8) is 0 Å². The van der Waals surface area contributed by atoms with E-state index in [-0.39, 0.29) is 35.3 Å². The van der Waals surface area contributed by atoms with Gasteiger partial charge in [0.25, 0.3) is 10.1 Å². The van der Waals surface area contributed by atoms with Crippen LogP contribution in [0, 0.1) is 0 Å². The quantitative estimate of drug-likeness (QED) is 0.461. The number of hydrogen-bond acceptors (Lipinski definition) is 4. The van der Waals surface area contributed by atoms with Crippen LogP contribution in [0.2, 0.25) is 0 Å². The van der Waals surface area contributed by atoms with E-state index < -0.39 is 10.1 Å². The van der Waals surface area contributed by atoms with Gasteiger partial charge in [0.15, 0.2) is 0 Å². The fourth-order valence-electron chi connectivity index (χ4n) is 1.25. The van der Waals surface area contributed by atoms with E-state index in [0.717, 1.165) is 5.75 Å². The predicted molar refractivity (Wildman–Crippen MR) is 71.3 cm³/mol. The van der Waals surface area contributed by atoms with Gasteiger partial charge in [0.05, 0.1) is 19.5 Å². The Balaban J connectivity index is 0.00000289. The molecule has 1 aromatic rings. The Morgan fingerprint density at radius 1 is 1.11 bits per heavy atom. The van der Waals surface area contributed by atoms with Gasteiger partial charge >= 0.3 is 29.6 Å². The molecule has 1 N–H and O–H groups in total. The SMILES string of the molecule is COc1ccc(OCCCCS(=O)(=O)O)cc1.[NaH]. The number of hydrogen-bond donors (Lipinski definition) is 1. The van der Waals surface area contributed by atoms with Crippen molar-refractivity contribution in [1.29, 1.82) is 0 Å². The van der Waals surface area contributed by atoms with Crippen molar-refractivity contribution in [2.75, 3.05) is 19.5 Å². The molecule has 1 rings (SSSR count). The van der Waals surface area contributed by atoms with Gasteiger partial charge in [-0.05, 0) is 37.1 Å². The molecule has 98 valence electrons. The monoisotopic (exact) mass is 284 g/mol. The van der Waals surface area contributed by atoms with Crippen LogP contribution in [-0.2, 0) is 10.1 Å². The molecule has 0 atom stereocenters. The maximum atomic E-state index is 10.4.